The normalized spacial score (nSPS) is 18.2. The van der Waals surface area contributed by atoms with Crippen LogP contribution in [0.4, 0.5) is 0 Å². The molecule has 1 fully saturated rings. The number of hydrogen-bond donors (Lipinski definition) is 0. The smallest absolute Gasteiger partial charge is 0.249 e. The minimum atomic E-state index is -0.107. The number of carbonyl (C=O) groups is 1. The van der Waals surface area contributed by atoms with Gasteiger partial charge in [-0.3, -0.25) is 4.79 Å². The van der Waals surface area contributed by atoms with Gasteiger partial charge < -0.3 is 9.42 Å². The first-order valence-electron chi connectivity index (χ1n) is 8.64. The molecule has 1 saturated heterocycles. The Hall–Kier alpha value is -2.43. The molecule has 0 aliphatic carbocycles. The molecule has 126 valence electrons. The van der Waals surface area contributed by atoms with Crippen molar-refractivity contribution in [1.82, 2.24) is 15.0 Å². The number of carbonyl (C=O) groups excluding carboxylic acids is 1. The predicted octanol–water partition coefficient (Wildman–Crippen LogP) is 3.79. The van der Waals surface area contributed by atoms with Gasteiger partial charge in [0.25, 0.3) is 0 Å². The van der Waals surface area contributed by atoms with E-state index in [-0.39, 0.29) is 11.9 Å². The molecule has 0 N–H and O–H groups in total. The summed E-state index contributed by atoms with van der Waals surface area (Å²) in [4.78, 5) is 19.0. The highest BCUT2D eigenvalue weighted by Crippen LogP contribution is 2.30. The molecule has 1 amide bonds. The van der Waals surface area contributed by atoms with Crippen molar-refractivity contribution in [2.24, 2.45) is 0 Å². The van der Waals surface area contributed by atoms with Gasteiger partial charge in [0.2, 0.25) is 11.8 Å². The minimum absolute atomic E-state index is 0.00112. The van der Waals surface area contributed by atoms with E-state index in [0.717, 1.165) is 50.0 Å². The SMILES string of the molecule is CCCc1noc([C@H]2CCCCN2C(=O)/C=C/c2ccccc2)n1. The van der Waals surface area contributed by atoms with Gasteiger partial charge in [-0.05, 0) is 37.3 Å². The fourth-order valence-electron chi connectivity index (χ4n) is 3.01. The van der Waals surface area contributed by atoms with Crippen LogP contribution >= 0.6 is 0 Å². The molecule has 5 heteroatoms. The summed E-state index contributed by atoms with van der Waals surface area (Å²) < 4.78 is 5.42. The molecule has 1 aliphatic heterocycles. The Morgan fingerprint density at radius 1 is 1.33 bits per heavy atom. The molecule has 0 spiro atoms. The van der Waals surface area contributed by atoms with E-state index in [9.17, 15) is 4.79 Å². The summed E-state index contributed by atoms with van der Waals surface area (Å²) in [5, 5.41) is 4.03. The lowest BCUT2D eigenvalue weighted by molar-refractivity contribution is -0.130. The minimum Gasteiger partial charge on any atom is -0.337 e. The Kier molecular flexibility index (Phi) is 5.41. The van der Waals surface area contributed by atoms with Gasteiger partial charge in [0.15, 0.2) is 5.82 Å². The summed E-state index contributed by atoms with van der Waals surface area (Å²) in [5.74, 6) is 1.30. The van der Waals surface area contributed by atoms with Crippen molar-refractivity contribution in [2.75, 3.05) is 6.54 Å². The number of amides is 1. The van der Waals surface area contributed by atoms with Gasteiger partial charge in [0.1, 0.15) is 6.04 Å². The van der Waals surface area contributed by atoms with Gasteiger partial charge in [-0.2, -0.15) is 4.98 Å². The molecular weight excluding hydrogens is 302 g/mol. The quantitative estimate of drug-likeness (QED) is 0.785. The van der Waals surface area contributed by atoms with Crippen LogP contribution in [-0.4, -0.2) is 27.5 Å². The van der Waals surface area contributed by atoms with Crippen LogP contribution in [0.15, 0.2) is 40.9 Å². The number of hydrogen-bond acceptors (Lipinski definition) is 4. The predicted molar refractivity (Wildman–Crippen MR) is 92.1 cm³/mol. The highest BCUT2D eigenvalue weighted by atomic mass is 16.5. The van der Waals surface area contributed by atoms with Gasteiger partial charge in [-0.15, -0.1) is 0 Å². The van der Waals surface area contributed by atoms with Gasteiger partial charge in [0.05, 0.1) is 0 Å². The second-order valence-electron chi connectivity index (χ2n) is 6.09. The van der Waals surface area contributed by atoms with Gasteiger partial charge in [-0.25, -0.2) is 0 Å². The van der Waals surface area contributed by atoms with Crippen LogP contribution in [-0.2, 0) is 11.2 Å². The van der Waals surface area contributed by atoms with Crippen LogP contribution in [0.1, 0.15) is 55.9 Å². The standard InChI is InChI=1S/C19H23N3O2/c1-2-8-17-20-19(24-21-17)16-11-6-7-14-22(16)18(23)13-12-15-9-4-3-5-10-15/h3-5,9-10,12-13,16H,2,6-8,11,14H2,1H3/b13-12+/t16-/m1/s1. The fraction of sp³-hybridized carbons (Fsp3) is 0.421. The molecule has 0 bridgehead atoms. The first kappa shape index (κ1) is 16.4. The number of aryl methyl sites for hydroxylation is 1. The molecule has 2 aromatic rings. The Bertz CT molecular complexity index is 694. The summed E-state index contributed by atoms with van der Waals surface area (Å²) in [6.07, 6.45) is 8.23. The molecule has 1 aromatic heterocycles. The van der Waals surface area contributed by atoms with E-state index in [2.05, 4.69) is 17.1 Å². The Balaban J connectivity index is 1.73. The number of nitrogens with zero attached hydrogens (tertiary/aromatic N) is 3. The fourth-order valence-corrected chi connectivity index (χ4v) is 3.01. The Morgan fingerprint density at radius 2 is 2.17 bits per heavy atom. The summed E-state index contributed by atoms with van der Waals surface area (Å²) >= 11 is 0. The average molecular weight is 325 g/mol. The number of rotatable bonds is 5. The summed E-state index contributed by atoms with van der Waals surface area (Å²) in [7, 11) is 0. The van der Waals surface area contributed by atoms with Crippen LogP contribution in [0.25, 0.3) is 6.08 Å². The van der Waals surface area contributed by atoms with Crippen molar-refractivity contribution in [3.05, 3.63) is 53.7 Å². The van der Waals surface area contributed by atoms with Crippen molar-refractivity contribution >= 4 is 12.0 Å². The van der Waals surface area contributed by atoms with Crippen molar-refractivity contribution in [1.29, 1.82) is 0 Å². The van der Waals surface area contributed by atoms with E-state index in [1.807, 2.05) is 41.3 Å². The van der Waals surface area contributed by atoms with E-state index in [1.165, 1.54) is 0 Å². The van der Waals surface area contributed by atoms with Crippen LogP contribution in [0.2, 0.25) is 0 Å². The molecule has 5 nitrogen and oxygen atoms in total. The van der Waals surface area contributed by atoms with E-state index < -0.39 is 0 Å². The number of piperidine rings is 1. The molecule has 0 saturated carbocycles. The van der Waals surface area contributed by atoms with Crippen molar-refractivity contribution < 1.29 is 9.32 Å². The third-order valence-corrected chi connectivity index (χ3v) is 4.25. The zero-order valence-corrected chi connectivity index (χ0v) is 14.0. The maximum atomic E-state index is 12.6. The molecule has 0 radical (unpaired) electrons. The van der Waals surface area contributed by atoms with Crippen LogP contribution < -0.4 is 0 Å². The molecule has 0 unspecified atom stereocenters. The number of benzene rings is 1. The van der Waals surface area contributed by atoms with E-state index in [0.29, 0.717) is 5.89 Å². The molecule has 1 aromatic carbocycles. The lowest BCUT2D eigenvalue weighted by Crippen LogP contribution is -2.37. The summed E-state index contributed by atoms with van der Waals surface area (Å²) in [5.41, 5.74) is 1.02. The zero-order chi connectivity index (χ0) is 16.8. The summed E-state index contributed by atoms with van der Waals surface area (Å²) in [6.45, 7) is 2.81. The van der Waals surface area contributed by atoms with Crippen LogP contribution in [0, 0.1) is 0 Å². The van der Waals surface area contributed by atoms with Gasteiger partial charge in [0, 0.05) is 19.0 Å². The lowest BCUT2D eigenvalue weighted by atomic mass is 10.0. The van der Waals surface area contributed by atoms with Gasteiger partial charge in [-0.1, -0.05) is 42.4 Å². The first-order chi connectivity index (χ1) is 11.8. The lowest BCUT2D eigenvalue weighted by Gasteiger charge is -2.32. The maximum absolute atomic E-state index is 12.6. The molecule has 1 aliphatic rings. The topological polar surface area (TPSA) is 59.2 Å². The van der Waals surface area contributed by atoms with E-state index in [1.54, 1.807) is 6.08 Å². The summed E-state index contributed by atoms with van der Waals surface area (Å²) in [6, 6.07) is 9.73. The average Bonchev–Trinajstić information content (AvgIpc) is 3.09. The highest BCUT2D eigenvalue weighted by Gasteiger charge is 2.31. The zero-order valence-electron chi connectivity index (χ0n) is 14.0. The van der Waals surface area contributed by atoms with Crippen molar-refractivity contribution in [2.45, 2.75) is 45.1 Å². The van der Waals surface area contributed by atoms with E-state index in [4.69, 9.17) is 4.52 Å². The third-order valence-electron chi connectivity index (χ3n) is 4.25. The monoisotopic (exact) mass is 325 g/mol. The largest absolute Gasteiger partial charge is 0.337 e. The Morgan fingerprint density at radius 3 is 2.96 bits per heavy atom. The Labute approximate surface area is 142 Å². The maximum Gasteiger partial charge on any atom is 0.249 e. The van der Waals surface area contributed by atoms with Gasteiger partial charge >= 0.3 is 0 Å². The number of aromatic nitrogens is 2. The van der Waals surface area contributed by atoms with Crippen molar-refractivity contribution in [3.8, 4) is 0 Å². The first-order valence-corrected chi connectivity index (χ1v) is 8.64. The molecule has 1 atom stereocenters. The third kappa shape index (κ3) is 3.91. The molecule has 3 rings (SSSR count). The second-order valence-corrected chi connectivity index (χ2v) is 6.09. The van der Waals surface area contributed by atoms with Crippen molar-refractivity contribution in [3.63, 3.8) is 0 Å². The molecule has 2 heterocycles. The molecular formula is C19H23N3O2. The van der Waals surface area contributed by atoms with Crippen LogP contribution in [0.5, 0.6) is 0 Å². The highest BCUT2D eigenvalue weighted by molar-refractivity contribution is 5.92. The van der Waals surface area contributed by atoms with Crippen LogP contribution in [0.3, 0.4) is 0 Å². The second kappa shape index (κ2) is 7.90. The molecule has 24 heavy (non-hydrogen) atoms. The van der Waals surface area contributed by atoms with E-state index >= 15 is 0 Å². The number of likely N-dealkylation sites (tertiary alicyclic amines) is 1.